The summed E-state index contributed by atoms with van der Waals surface area (Å²) in [7, 11) is 3.28. The zero-order valence-electron chi connectivity index (χ0n) is 27.2. The van der Waals surface area contributed by atoms with Crippen molar-refractivity contribution in [1.29, 1.82) is 0 Å². The van der Waals surface area contributed by atoms with Crippen LogP contribution >= 0.6 is 0 Å². The van der Waals surface area contributed by atoms with Crippen molar-refractivity contribution in [2.45, 2.75) is 79.6 Å². The summed E-state index contributed by atoms with van der Waals surface area (Å²) < 4.78 is 22.8. The lowest BCUT2D eigenvalue weighted by Crippen LogP contribution is -2.45. The van der Waals surface area contributed by atoms with E-state index in [1.54, 1.807) is 28.1 Å². The average Bonchev–Trinajstić information content (AvgIpc) is 3.35. The molecular weight excluding hydrogens is 554 g/mol. The lowest BCUT2D eigenvalue weighted by Gasteiger charge is -2.27. The Kier molecular flexibility index (Phi) is 14.0. The number of hydrogen-bond acceptors (Lipinski definition) is 7. The standard InChI is InChI=1S/C32H53N3O8/c1-20(2)25(29(36)34-19-32(5,6)30(33)37)17-24-18-35(31(38)39)28(43-24)15-22(4)21(3)14-23-10-11-26(41-8)27(16-23)42-13-9-12-40-7/h10-11,16,20-22,24-25,28H,9,12-15,17-19H2,1-8H3,(H2,33,37)(H,34,36)(H,38,39)/t21-,22?,24-,25-,28?/m0/s1. The average molecular weight is 608 g/mol. The van der Waals surface area contributed by atoms with Crippen molar-refractivity contribution in [1.82, 2.24) is 10.2 Å². The van der Waals surface area contributed by atoms with E-state index < -0.39 is 35.7 Å². The van der Waals surface area contributed by atoms with Gasteiger partial charge in [-0.3, -0.25) is 14.5 Å². The number of hydrogen-bond donors (Lipinski definition) is 3. The molecule has 1 saturated heterocycles. The molecule has 4 N–H and O–H groups in total. The first-order chi connectivity index (χ1) is 20.2. The van der Waals surface area contributed by atoms with E-state index in [1.807, 2.05) is 32.0 Å². The van der Waals surface area contributed by atoms with E-state index in [2.05, 4.69) is 19.2 Å². The Hall–Kier alpha value is -3.05. The molecule has 1 heterocycles. The van der Waals surface area contributed by atoms with Crippen LogP contribution in [0.1, 0.15) is 66.4 Å². The summed E-state index contributed by atoms with van der Waals surface area (Å²) in [5.41, 5.74) is 5.68. The highest BCUT2D eigenvalue weighted by atomic mass is 16.5. The number of methoxy groups -OCH3 is 2. The molecule has 0 spiro atoms. The van der Waals surface area contributed by atoms with E-state index in [0.717, 1.165) is 18.4 Å². The van der Waals surface area contributed by atoms with E-state index in [9.17, 15) is 19.5 Å². The molecule has 1 aromatic rings. The number of primary amides is 1. The molecule has 1 aliphatic heterocycles. The third-order valence-electron chi connectivity index (χ3n) is 8.45. The van der Waals surface area contributed by atoms with E-state index in [0.29, 0.717) is 37.6 Å². The third kappa shape index (κ3) is 10.9. The minimum absolute atomic E-state index is 0.00471. The van der Waals surface area contributed by atoms with Crippen LogP contribution < -0.4 is 20.5 Å². The first kappa shape index (κ1) is 36.1. The Labute approximate surface area is 256 Å². The van der Waals surface area contributed by atoms with Gasteiger partial charge in [0.15, 0.2) is 11.5 Å². The maximum absolute atomic E-state index is 13.1. The van der Waals surface area contributed by atoms with Crippen molar-refractivity contribution in [2.75, 3.05) is 40.5 Å². The minimum Gasteiger partial charge on any atom is -0.493 e. The number of nitrogens with one attached hydrogen (secondary N) is 1. The smallest absolute Gasteiger partial charge is 0.409 e. The van der Waals surface area contributed by atoms with Gasteiger partial charge in [-0.15, -0.1) is 0 Å². The number of nitrogens with two attached hydrogens (primary N) is 1. The van der Waals surface area contributed by atoms with Crippen LogP contribution in [0, 0.1) is 29.1 Å². The van der Waals surface area contributed by atoms with Crippen LogP contribution in [0.2, 0.25) is 0 Å². The van der Waals surface area contributed by atoms with Gasteiger partial charge < -0.3 is 35.1 Å². The van der Waals surface area contributed by atoms with E-state index >= 15 is 0 Å². The molecule has 0 aromatic heterocycles. The molecule has 11 nitrogen and oxygen atoms in total. The van der Waals surface area contributed by atoms with E-state index in [1.165, 1.54) is 4.90 Å². The second-order valence-electron chi connectivity index (χ2n) is 12.8. The molecule has 0 radical (unpaired) electrons. The number of amides is 3. The Morgan fingerprint density at radius 3 is 2.37 bits per heavy atom. The summed E-state index contributed by atoms with van der Waals surface area (Å²) in [5, 5.41) is 12.8. The van der Waals surface area contributed by atoms with Gasteiger partial charge >= 0.3 is 6.09 Å². The van der Waals surface area contributed by atoms with Gasteiger partial charge in [0.1, 0.15) is 6.23 Å². The SMILES string of the molecule is COCCCOc1cc(C[C@H](C)C(C)CC2O[C@@H](C[C@H](C(=O)NCC(C)(C)C(N)=O)C(C)C)CN2C(=O)O)ccc1OC. The first-order valence-electron chi connectivity index (χ1n) is 15.2. The topological polar surface area (TPSA) is 150 Å². The fourth-order valence-electron chi connectivity index (χ4n) is 5.15. The summed E-state index contributed by atoms with van der Waals surface area (Å²) in [4.78, 5) is 38.2. The fourth-order valence-corrected chi connectivity index (χ4v) is 5.15. The molecule has 2 rings (SSSR count). The van der Waals surface area contributed by atoms with Gasteiger partial charge in [0.2, 0.25) is 11.8 Å². The van der Waals surface area contributed by atoms with Crippen LogP contribution in [0.15, 0.2) is 18.2 Å². The van der Waals surface area contributed by atoms with Gasteiger partial charge in [-0.25, -0.2) is 4.79 Å². The van der Waals surface area contributed by atoms with E-state index in [-0.39, 0.29) is 36.8 Å². The molecule has 1 aromatic carbocycles. The predicted molar refractivity (Wildman–Crippen MR) is 164 cm³/mol. The summed E-state index contributed by atoms with van der Waals surface area (Å²) in [6.45, 7) is 13.0. The van der Waals surface area contributed by atoms with Crippen molar-refractivity contribution in [2.24, 2.45) is 34.8 Å². The number of carbonyl (C=O) groups excluding carboxylic acids is 2. The Morgan fingerprint density at radius 2 is 1.79 bits per heavy atom. The second kappa shape index (κ2) is 16.7. The molecule has 2 unspecified atom stereocenters. The molecule has 3 amide bonds. The van der Waals surface area contributed by atoms with Crippen LogP contribution in [-0.4, -0.2) is 80.8 Å². The van der Waals surface area contributed by atoms with Gasteiger partial charge in [0.25, 0.3) is 0 Å². The van der Waals surface area contributed by atoms with Gasteiger partial charge in [-0.1, -0.05) is 33.8 Å². The maximum atomic E-state index is 13.1. The van der Waals surface area contributed by atoms with Gasteiger partial charge in [0.05, 0.1) is 31.8 Å². The van der Waals surface area contributed by atoms with Gasteiger partial charge in [0, 0.05) is 32.6 Å². The first-order valence-corrected chi connectivity index (χ1v) is 15.2. The Bertz CT molecular complexity index is 1060. The van der Waals surface area contributed by atoms with Crippen LogP contribution in [0.3, 0.4) is 0 Å². The zero-order chi connectivity index (χ0) is 32.3. The number of rotatable bonds is 18. The van der Waals surface area contributed by atoms with Crippen molar-refractivity contribution < 1.29 is 38.4 Å². The van der Waals surface area contributed by atoms with Gasteiger partial charge in [-0.2, -0.15) is 0 Å². The zero-order valence-corrected chi connectivity index (χ0v) is 27.2. The summed E-state index contributed by atoms with van der Waals surface area (Å²) in [6, 6.07) is 5.94. The quantitative estimate of drug-likeness (QED) is 0.209. The Morgan fingerprint density at radius 1 is 1.09 bits per heavy atom. The highest BCUT2D eigenvalue weighted by molar-refractivity contribution is 5.83. The lowest BCUT2D eigenvalue weighted by molar-refractivity contribution is -0.130. The lowest BCUT2D eigenvalue weighted by atomic mass is 9.87. The van der Waals surface area contributed by atoms with Crippen molar-refractivity contribution in [3.8, 4) is 11.5 Å². The highest BCUT2D eigenvalue weighted by Gasteiger charge is 2.40. The Balaban J connectivity index is 2.03. The van der Waals surface area contributed by atoms with E-state index in [4.69, 9.17) is 24.7 Å². The largest absolute Gasteiger partial charge is 0.493 e. The molecule has 5 atom stereocenters. The predicted octanol–water partition coefficient (Wildman–Crippen LogP) is 4.31. The van der Waals surface area contributed by atoms with Crippen LogP contribution in [0.25, 0.3) is 0 Å². The number of nitrogens with zero attached hydrogens (tertiary/aromatic N) is 1. The maximum Gasteiger partial charge on any atom is 0.409 e. The molecule has 43 heavy (non-hydrogen) atoms. The summed E-state index contributed by atoms with van der Waals surface area (Å²) in [6.07, 6.45) is 0.419. The monoisotopic (exact) mass is 607 g/mol. The molecular formula is C32H53N3O8. The molecule has 11 heteroatoms. The normalized spacial score (nSPS) is 19.1. The van der Waals surface area contributed by atoms with Crippen LogP contribution in [-0.2, 0) is 25.5 Å². The van der Waals surface area contributed by atoms with Crippen molar-refractivity contribution >= 4 is 17.9 Å². The highest BCUT2D eigenvalue weighted by Crippen LogP contribution is 2.33. The number of carbonyl (C=O) groups is 3. The molecule has 1 aliphatic rings. The number of benzene rings is 1. The van der Waals surface area contributed by atoms with Crippen molar-refractivity contribution in [3.63, 3.8) is 0 Å². The van der Waals surface area contributed by atoms with Gasteiger partial charge in [-0.05, 0) is 68.6 Å². The third-order valence-corrected chi connectivity index (χ3v) is 8.45. The molecule has 0 bridgehead atoms. The van der Waals surface area contributed by atoms with Crippen LogP contribution in [0.5, 0.6) is 11.5 Å². The summed E-state index contributed by atoms with van der Waals surface area (Å²) in [5.74, 6) is 0.660. The van der Waals surface area contributed by atoms with Crippen molar-refractivity contribution in [3.05, 3.63) is 23.8 Å². The molecule has 0 aliphatic carbocycles. The second-order valence-corrected chi connectivity index (χ2v) is 12.8. The molecule has 244 valence electrons. The minimum atomic E-state index is -1.04. The molecule has 1 fully saturated rings. The number of ether oxygens (including phenoxy) is 4. The van der Waals surface area contributed by atoms with Crippen LogP contribution in [0.4, 0.5) is 4.79 Å². The fraction of sp³-hybridized carbons (Fsp3) is 0.719. The molecule has 0 saturated carbocycles. The number of carboxylic acid groups (broad SMARTS) is 1. The summed E-state index contributed by atoms with van der Waals surface area (Å²) >= 11 is 0.